The number of hydrogen-bond donors (Lipinski definition) is 0. The topological polar surface area (TPSA) is 44.8 Å². The number of carbonyl (C=O) groups excluding carboxylic acids is 1. The van der Waals surface area contributed by atoms with Crippen LogP contribution in [0, 0.1) is 0 Å². The molecule has 0 aliphatic carbocycles. The van der Waals surface area contributed by atoms with Gasteiger partial charge in [0.15, 0.2) is 0 Å². The Morgan fingerprint density at radius 2 is 1.16 bits per heavy atom. The van der Waals surface area contributed by atoms with Crippen molar-refractivity contribution in [2.24, 2.45) is 0 Å². The minimum absolute atomic E-state index is 0.218. The Hall–Kier alpha value is -3.27. The highest BCUT2D eigenvalue weighted by Gasteiger charge is 2.10. The first kappa shape index (κ1) is 29.3. The summed E-state index contributed by atoms with van der Waals surface area (Å²) in [6.07, 6.45) is 12.3. The van der Waals surface area contributed by atoms with E-state index in [1.165, 1.54) is 51.4 Å². The summed E-state index contributed by atoms with van der Waals surface area (Å²) < 4.78 is 17.4. The Labute approximate surface area is 229 Å². The number of carbonyl (C=O) groups is 1. The molecule has 0 saturated carbocycles. The van der Waals surface area contributed by atoms with E-state index in [4.69, 9.17) is 14.2 Å². The summed E-state index contributed by atoms with van der Waals surface area (Å²) in [6, 6.07) is 22.9. The zero-order valence-electron chi connectivity index (χ0n) is 23.4. The summed E-state index contributed by atoms with van der Waals surface area (Å²) in [5.74, 6) is 1.81. The van der Waals surface area contributed by atoms with Crippen molar-refractivity contribution >= 4 is 5.97 Å². The van der Waals surface area contributed by atoms with Gasteiger partial charge in [0.25, 0.3) is 0 Å². The molecule has 4 heteroatoms. The van der Waals surface area contributed by atoms with Crippen LogP contribution in [0.5, 0.6) is 17.2 Å². The van der Waals surface area contributed by atoms with Crippen LogP contribution in [0.25, 0.3) is 11.1 Å². The zero-order valence-corrected chi connectivity index (χ0v) is 23.4. The molecule has 3 rings (SSSR count). The molecule has 0 spiro atoms. The molecular weight excluding hydrogens is 472 g/mol. The van der Waals surface area contributed by atoms with Crippen LogP contribution in [-0.4, -0.2) is 18.7 Å². The lowest BCUT2D eigenvalue weighted by atomic mass is 10.1. The Balaban J connectivity index is 1.45. The van der Waals surface area contributed by atoms with E-state index in [-0.39, 0.29) is 12.1 Å². The monoisotopic (exact) mass is 516 g/mol. The van der Waals surface area contributed by atoms with Crippen molar-refractivity contribution in [3.63, 3.8) is 0 Å². The molecule has 0 amide bonds. The van der Waals surface area contributed by atoms with E-state index < -0.39 is 0 Å². The third-order valence-corrected chi connectivity index (χ3v) is 6.66. The van der Waals surface area contributed by atoms with Gasteiger partial charge in [-0.2, -0.15) is 0 Å². The molecule has 0 heterocycles. The first-order valence-electron chi connectivity index (χ1n) is 14.4. The van der Waals surface area contributed by atoms with Crippen LogP contribution in [0.1, 0.15) is 95.3 Å². The number of benzene rings is 3. The lowest BCUT2D eigenvalue weighted by Gasteiger charge is -2.15. The quantitative estimate of drug-likeness (QED) is 0.102. The Bertz CT molecular complexity index is 1060. The predicted octanol–water partition coefficient (Wildman–Crippen LogP) is 9.66. The van der Waals surface area contributed by atoms with E-state index >= 15 is 0 Å². The Morgan fingerprint density at radius 3 is 1.76 bits per heavy atom. The molecule has 0 aromatic heterocycles. The molecule has 0 bridgehead atoms. The lowest BCUT2D eigenvalue weighted by Crippen LogP contribution is -2.11. The second kappa shape index (κ2) is 16.5. The van der Waals surface area contributed by atoms with Gasteiger partial charge in [-0.25, -0.2) is 4.79 Å². The van der Waals surface area contributed by atoms with Gasteiger partial charge in [-0.05, 0) is 85.8 Å². The van der Waals surface area contributed by atoms with Gasteiger partial charge in [0.2, 0.25) is 0 Å². The van der Waals surface area contributed by atoms with E-state index in [1.807, 2.05) is 48.5 Å². The van der Waals surface area contributed by atoms with Crippen LogP contribution in [-0.2, 0) is 0 Å². The molecule has 0 N–H and O–H groups in total. The van der Waals surface area contributed by atoms with Gasteiger partial charge in [0.1, 0.15) is 17.2 Å². The summed E-state index contributed by atoms with van der Waals surface area (Å²) in [5.41, 5.74) is 2.64. The summed E-state index contributed by atoms with van der Waals surface area (Å²) in [5, 5.41) is 0. The van der Waals surface area contributed by atoms with Gasteiger partial charge in [-0.1, -0.05) is 83.1 Å². The van der Waals surface area contributed by atoms with Gasteiger partial charge in [0.05, 0.1) is 18.3 Å². The molecule has 0 aliphatic heterocycles. The van der Waals surface area contributed by atoms with Crippen molar-refractivity contribution in [3.8, 4) is 28.4 Å². The van der Waals surface area contributed by atoms with Crippen molar-refractivity contribution in [2.45, 2.75) is 91.1 Å². The first-order valence-corrected chi connectivity index (χ1v) is 14.4. The number of hydrogen-bond acceptors (Lipinski definition) is 4. The third-order valence-electron chi connectivity index (χ3n) is 6.66. The van der Waals surface area contributed by atoms with Crippen LogP contribution in [0.15, 0.2) is 72.8 Å². The van der Waals surface area contributed by atoms with E-state index in [9.17, 15) is 4.79 Å². The molecule has 0 aliphatic rings. The average Bonchev–Trinajstić information content (AvgIpc) is 2.94. The fraction of sp³-hybridized carbons (Fsp3) is 0.441. The fourth-order valence-electron chi connectivity index (χ4n) is 4.34. The molecule has 4 nitrogen and oxygen atoms in total. The second-order valence-electron chi connectivity index (χ2n) is 10.0. The molecule has 0 fully saturated rings. The van der Waals surface area contributed by atoms with E-state index in [0.717, 1.165) is 35.5 Å². The van der Waals surface area contributed by atoms with Crippen LogP contribution < -0.4 is 14.2 Å². The number of unbranched alkanes of at least 4 members (excludes halogenated alkanes) is 7. The summed E-state index contributed by atoms with van der Waals surface area (Å²) >= 11 is 0. The number of esters is 1. The van der Waals surface area contributed by atoms with Gasteiger partial charge in [-0.15, -0.1) is 0 Å². The highest BCUT2D eigenvalue weighted by Crippen LogP contribution is 2.26. The average molecular weight is 517 g/mol. The molecule has 38 heavy (non-hydrogen) atoms. The van der Waals surface area contributed by atoms with Crippen LogP contribution in [0.2, 0.25) is 0 Å². The minimum atomic E-state index is -0.380. The Kier molecular flexibility index (Phi) is 12.8. The summed E-state index contributed by atoms with van der Waals surface area (Å²) in [6.45, 7) is 7.28. The van der Waals surface area contributed by atoms with Gasteiger partial charge in [0, 0.05) is 0 Å². The van der Waals surface area contributed by atoms with Crippen LogP contribution in [0.3, 0.4) is 0 Å². The van der Waals surface area contributed by atoms with Gasteiger partial charge < -0.3 is 14.2 Å². The van der Waals surface area contributed by atoms with Crippen molar-refractivity contribution in [3.05, 3.63) is 78.4 Å². The predicted molar refractivity (Wildman–Crippen MR) is 156 cm³/mol. The maximum Gasteiger partial charge on any atom is 0.343 e. The molecule has 1 unspecified atom stereocenters. The smallest absolute Gasteiger partial charge is 0.343 e. The summed E-state index contributed by atoms with van der Waals surface area (Å²) in [4.78, 5) is 12.6. The Morgan fingerprint density at radius 1 is 0.632 bits per heavy atom. The molecule has 1 atom stereocenters. The first-order chi connectivity index (χ1) is 18.6. The second-order valence-corrected chi connectivity index (χ2v) is 10.0. The molecular formula is C34H44O4. The number of rotatable bonds is 17. The van der Waals surface area contributed by atoms with Crippen molar-refractivity contribution in [1.82, 2.24) is 0 Å². The van der Waals surface area contributed by atoms with E-state index in [0.29, 0.717) is 17.9 Å². The zero-order chi connectivity index (χ0) is 27.0. The maximum absolute atomic E-state index is 12.6. The highest BCUT2D eigenvalue weighted by atomic mass is 16.5. The molecule has 0 radical (unpaired) electrons. The SMILES string of the molecule is CCCCCCCOc1ccc(C(=O)Oc2ccc(-c3ccc(OC(C)CCCCCC)cc3)cc2)cc1. The third kappa shape index (κ3) is 10.2. The van der Waals surface area contributed by atoms with Gasteiger partial charge >= 0.3 is 5.97 Å². The van der Waals surface area contributed by atoms with Crippen molar-refractivity contribution in [1.29, 1.82) is 0 Å². The maximum atomic E-state index is 12.6. The summed E-state index contributed by atoms with van der Waals surface area (Å²) in [7, 11) is 0. The van der Waals surface area contributed by atoms with Crippen LogP contribution >= 0.6 is 0 Å². The largest absolute Gasteiger partial charge is 0.494 e. The molecule has 204 valence electrons. The van der Waals surface area contributed by atoms with Gasteiger partial charge in [-0.3, -0.25) is 0 Å². The highest BCUT2D eigenvalue weighted by molar-refractivity contribution is 5.91. The van der Waals surface area contributed by atoms with E-state index in [2.05, 4.69) is 32.9 Å². The van der Waals surface area contributed by atoms with E-state index in [1.54, 1.807) is 12.1 Å². The molecule has 0 saturated heterocycles. The fourth-order valence-corrected chi connectivity index (χ4v) is 4.34. The molecule has 3 aromatic carbocycles. The van der Waals surface area contributed by atoms with Crippen LogP contribution in [0.4, 0.5) is 0 Å². The normalized spacial score (nSPS) is 11.7. The standard InChI is InChI=1S/C34H44O4/c1-4-6-8-10-12-26-36-31-20-18-30(19-21-31)34(35)38-33-24-16-29(17-25-33)28-14-22-32(23-15-28)37-27(3)13-11-9-7-5-2/h14-25,27H,4-13,26H2,1-3H3. The van der Waals surface area contributed by atoms with Crippen molar-refractivity contribution in [2.75, 3.05) is 6.61 Å². The van der Waals surface area contributed by atoms with Crippen molar-refractivity contribution < 1.29 is 19.0 Å². The lowest BCUT2D eigenvalue weighted by molar-refractivity contribution is 0.0734. The minimum Gasteiger partial charge on any atom is -0.494 e. The molecule has 3 aromatic rings. The number of ether oxygens (including phenoxy) is 3.